The molecule has 0 bridgehead atoms. The maximum Gasteiger partial charge on any atom is 0.208 e. The summed E-state index contributed by atoms with van der Waals surface area (Å²) in [6, 6.07) is 4.23. The highest BCUT2D eigenvalue weighted by atomic mass is 32.2. The SMILES string of the molecule is CS(=O)(=O)NC[C@@H]1CO[C@@H]2CN(Cc3cccs3)C[C@H]12. The zero-order valence-electron chi connectivity index (χ0n) is 11.5. The van der Waals surface area contributed by atoms with Crippen LogP contribution >= 0.6 is 11.3 Å². The summed E-state index contributed by atoms with van der Waals surface area (Å²) in [4.78, 5) is 3.78. The molecule has 1 aromatic rings. The number of ether oxygens (including phenoxy) is 1. The Morgan fingerprint density at radius 2 is 2.35 bits per heavy atom. The third kappa shape index (κ3) is 3.40. The lowest BCUT2D eigenvalue weighted by Crippen LogP contribution is -2.33. The molecule has 0 saturated carbocycles. The summed E-state index contributed by atoms with van der Waals surface area (Å²) < 4.78 is 30.8. The summed E-state index contributed by atoms with van der Waals surface area (Å²) >= 11 is 1.78. The molecule has 3 heterocycles. The summed E-state index contributed by atoms with van der Waals surface area (Å²) in [6.45, 7) is 4.09. The second-order valence-electron chi connectivity index (χ2n) is 5.69. The molecule has 0 radical (unpaired) electrons. The van der Waals surface area contributed by atoms with Gasteiger partial charge in [-0.15, -0.1) is 11.3 Å². The quantitative estimate of drug-likeness (QED) is 0.871. The number of rotatable bonds is 5. The summed E-state index contributed by atoms with van der Waals surface area (Å²) in [5, 5.41) is 2.10. The Balaban J connectivity index is 1.55. The van der Waals surface area contributed by atoms with Crippen molar-refractivity contribution in [3.05, 3.63) is 22.4 Å². The van der Waals surface area contributed by atoms with E-state index in [2.05, 4.69) is 27.1 Å². The monoisotopic (exact) mass is 316 g/mol. The lowest BCUT2D eigenvalue weighted by Gasteiger charge is -2.19. The van der Waals surface area contributed by atoms with Crippen LogP contribution < -0.4 is 4.72 Å². The van der Waals surface area contributed by atoms with Crippen LogP contribution in [0.4, 0.5) is 0 Å². The van der Waals surface area contributed by atoms with Gasteiger partial charge in [0.15, 0.2) is 0 Å². The zero-order chi connectivity index (χ0) is 14.2. The van der Waals surface area contributed by atoms with E-state index in [0.717, 1.165) is 19.6 Å². The van der Waals surface area contributed by atoms with Gasteiger partial charge < -0.3 is 4.74 Å². The molecule has 1 aromatic heterocycles. The van der Waals surface area contributed by atoms with Gasteiger partial charge >= 0.3 is 0 Å². The zero-order valence-corrected chi connectivity index (χ0v) is 13.1. The Morgan fingerprint density at radius 3 is 3.05 bits per heavy atom. The van der Waals surface area contributed by atoms with Crippen molar-refractivity contribution < 1.29 is 13.2 Å². The maximum atomic E-state index is 11.2. The molecule has 7 heteroatoms. The average molecular weight is 316 g/mol. The molecule has 2 aliphatic heterocycles. The summed E-state index contributed by atoms with van der Waals surface area (Å²) in [5.74, 6) is 0.743. The van der Waals surface area contributed by atoms with Crippen molar-refractivity contribution in [3.63, 3.8) is 0 Å². The first-order valence-electron chi connectivity index (χ1n) is 6.82. The number of hydrogen-bond donors (Lipinski definition) is 1. The van der Waals surface area contributed by atoms with Crippen LogP contribution in [0.3, 0.4) is 0 Å². The third-order valence-corrected chi connectivity index (χ3v) is 5.63. The van der Waals surface area contributed by atoms with Crippen molar-refractivity contribution in [1.82, 2.24) is 9.62 Å². The number of fused-ring (bicyclic) bond motifs is 1. The lowest BCUT2D eigenvalue weighted by molar-refractivity contribution is 0.0944. The van der Waals surface area contributed by atoms with Gasteiger partial charge in [0.25, 0.3) is 0 Å². The number of sulfonamides is 1. The Labute approximate surface area is 124 Å². The largest absolute Gasteiger partial charge is 0.376 e. The standard InChI is InChI=1S/C13H20N2O3S2/c1-20(16,17)14-5-10-9-18-13-8-15(7-12(10)13)6-11-3-2-4-19-11/h2-4,10,12-14H,5-9H2,1H3/t10-,12-,13-/m1/s1. The van der Waals surface area contributed by atoms with E-state index >= 15 is 0 Å². The Bertz CT molecular complexity index is 544. The number of nitrogens with one attached hydrogen (secondary N) is 1. The number of thiophene rings is 1. The van der Waals surface area contributed by atoms with Crippen LogP contribution in [0.2, 0.25) is 0 Å². The van der Waals surface area contributed by atoms with Gasteiger partial charge in [0.2, 0.25) is 10.0 Å². The molecule has 2 saturated heterocycles. The first kappa shape index (κ1) is 14.5. The van der Waals surface area contributed by atoms with E-state index in [0.29, 0.717) is 25.0 Å². The molecule has 0 spiro atoms. The van der Waals surface area contributed by atoms with Crippen LogP contribution in [-0.4, -0.2) is 51.9 Å². The molecule has 0 unspecified atom stereocenters. The van der Waals surface area contributed by atoms with E-state index in [1.165, 1.54) is 11.1 Å². The highest BCUT2D eigenvalue weighted by Crippen LogP contribution is 2.34. The van der Waals surface area contributed by atoms with E-state index in [1.54, 1.807) is 11.3 Å². The Morgan fingerprint density at radius 1 is 1.50 bits per heavy atom. The van der Waals surface area contributed by atoms with Gasteiger partial charge in [-0.25, -0.2) is 13.1 Å². The number of nitrogens with zero attached hydrogens (tertiary/aromatic N) is 1. The normalized spacial score (nSPS) is 30.8. The van der Waals surface area contributed by atoms with Gasteiger partial charge in [-0.2, -0.15) is 0 Å². The molecule has 2 fully saturated rings. The summed E-state index contributed by atoms with van der Waals surface area (Å²) in [5.41, 5.74) is 0. The second-order valence-corrected chi connectivity index (χ2v) is 8.56. The fourth-order valence-corrected chi connectivity index (χ4v) is 4.36. The van der Waals surface area contributed by atoms with E-state index < -0.39 is 10.0 Å². The molecule has 0 aromatic carbocycles. The van der Waals surface area contributed by atoms with Gasteiger partial charge in [0, 0.05) is 42.9 Å². The molecular formula is C13H20N2O3S2. The number of hydrogen-bond acceptors (Lipinski definition) is 5. The molecule has 1 N–H and O–H groups in total. The average Bonchev–Trinajstić information content (AvgIpc) is 3.03. The van der Waals surface area contributed by atoms with Crippen LogP contribution in [0.5, 0.6) is 0 Å². The Kier molecular flexibility index (Phi) is 4.14. The highest BCUT2D eigenvalue weighted by molar-refractivity contribution is 7.88. The molecule has 5 nitrogen and oxygen atoms in total. The topological polar surface area (TPSA) is 58.6 Å². The minimum absolute atomic E-state index is 0.265. The predicted octanol–water partition coefficient (Wildman–Crippen LogP) is 0.744. The van der Waals surface area contributed by atoms with Crippen LogP contribution in [0, 0.1) is 11.8 Å². The maximum absolute atomic E-state index is 11.2. The Hall–Kier alpha value is -0.470. The summed E-state index contributed by atoms with van der Waals surface area (Å²) in [6.07, 6.45) is 1.47. The molecule has 3 atom stereocenters. The van der Waals surface area contributed by atoms with Crippen molar-refractivity contribution in [3.8, 4) is 0 Å². The molecular weight excluding hydrogens is 296 g/mol. The predicted molar refractivity (Wildman–Crippen MR) is 79.2 cm³/mol. The second kappa shape index (κ2) is 5.73. The fraction of sp³-hybridized carbons (Fsp3) is 0.692. The van der Waals surface area contributed by atoms with Gasteiger partial charge in [0.05, 0.1) is 19.0 Å². The van der Waals surface area contributed by atoms with Gasteiger partial charge in [-0.05, 0) is 11.4 Å². The van der Waals surface area contributed by atoms with Crippen LogP contribution in [0.1, 0.15) is 4.88 Å². The molecule has 20 heavy (non-hydrogen) atoms. The minimum atomic E-state index is -3.11. The van der Waals surface area contributed by atoms with Crippen molar-refractivity contribution in [2.24, 2.45) is 11.8 Å². The van der Waals surface area contributed by atoms with Gasteiger partial charge in [-0.3, -0.25) is 4.90 Å². The third-order valence-electron chi connectivity index (χ3n) is 4.08. The highest BCUT2D eigenvalue weighted by Gasteiger charge is 2.43. The summed E-state index contributed by atoms with van der Waals surface area (Å²) in [7, 11) is -3.11. The van der Waals surface area contributed by atoms with Gasteiger partial charge in [0.1, 0.15) is 0 Å². The van der Waals surface area contributed by atoms with E-state index in [-0.39, 0.29) is 6.10 Å². The smallest absolute Gasteiger partial charge is 0.208 e. The molecule has 0 aliphatic carbocycles. The van der Waals surface area contributed by atoms with Crippen LogP contribution in [-0.2, 0) is 21.3 Å². The first-order chi connectivity index (χ1) is 9.51. The molecule has 3 rings (SSSR count). The van der Waals surface area contributed by atoms with Crippen LogP contribution in [0.25, 0.3) is 0 Å². The minimum Gasteiger partial charge on any atom is -0.376 e. The van der Waals surface area contributed by atoms with Crippen molar-refractivity contribution >= 4 is 21.4 Å². The first-order valence-corrected chi connectivity index (χ1v) is 9.59. The molecule has 0 amide bonds. The van der Waals surface area contributed by atoms with E-state index in [4.69, 9.17) is 4.74 Å². The van der Waals surface area contributed by atoms with E-state index in [9.17, 15) is 8.42 Å². The van der Waals surface area contributed by atoms with Crippen molar-refractivity contribution in [2.45, 2.75) is 12.6 Å². The molecule has 112 valence electrons. The number of likely N-dealkylation sites (tertiary alicyclic amines) is 1. The van der Waals surface area contributed by atoms with Crippen molar-refractivity contribution in [2.75, 3.05) is 32.5 Å². The fourth-order valence-electron chi connectivity index (χ4n) is 3.10. The molecule has 2 aliphatic rings. The lowest BCUT2D eigenvalue weighted by atomic mass is 9.93. The van der Waals surface area contributed by atoms with Crippen molar-refractivity contribution in [1.29, 1.82) is 0 Å². The van der Waals surface area contributed by atoms with Gasteiger partial charge in [-0.1, -0.05) is 6.07 Å². The van der Waals surface area contributed by atoms with E-state index in [1.807, 2.05) is 0 Å². The van der Waals surface area contributed by atoms with Crippen LogP contribution in [0.15, 0.2) is 17.5 Å².